The number of aromatic nitrogens is 1. The Morgan fingerprint density at radius 1 is 1.22 bits per heavy atom. The van der Waals surface area contributed by atoms with Gasteiger partial charge >= 0.3 is 0 Å². The number of aromatic hydroxyl groups is 2. The van der Waals surface area contributed by atoms with Crippen molar-refractivity contribution in [2.45, 2.75) is 72.8 Å². The zero-order valence-electron chi connectivity index (χ0n) is 19.9. The lowest BCUT2D eigenvalue weighted by Gasteiger charge is -2.21. The van der Waals surface area contributed by atoms with E-state index in [0.717, 1.165) is 25.7 Å². The van der Waals surface area contributed by atoms with Crippen molar-refractivity contribution >= 4 is 5.91 Å². The van der Waals surface area contributed by atoms with E-state index >= 15 is 0 Å². The van der Waals surface area contributed by atoms with Crippen LogP contribution in [0.5, 0.6) is 11.5 Å². The highest BCUT2D eigenvalue weighted by molar-refractivity contribution is 5.99. The second kappa shape index (κ2) is 12.1. The van der Waals surface area contributed by atoms with Crippen molar-refractivity contribution in [1.82, 2.24) is 10.1 Å². The van der Waals surface area contributed by atoms with E-state index in [0.29, 0.717) is 29.7 Å². The van der Waals surface area contributed by atoms with Crippen LogP contribution >= 0.6 is 0 Å². The maximum atomic E-state index is 13.3. The highest BCUT2D eigenvalue weighted by Gasteiger charge is 2.25. The molecule has 0 fully saturated rings. The molecule has 0 unspecified atom stereocenters. The van der Waals surface area contributed by atoms with Crippen LogP contribution in [0.3, 0.4) is 0 Å². The first-order valence-electron chi connectivity index (χ1n) is 11.2. The molecule has 1 aromatic heterocycles. The third-order valence-electron chi connectivity index (χ3n) is 5.46. The van der Waals surface area contributed by atoms with Crippen LogP contribution in [0, 0.1) is 0 Å². The number of carbonyl (C=O) groups excluding carboxylic acids is 1. The van der Waals surface area contributed by atoms with Gasteiger partial charge in [0, 0.05) is 18.7 Å². The first-order chi connectivity index (χ1) is 15.2. The molecule has 0 radical (unpaired) electrons. The summed E-state index contributed by atoms with van der Waals surface area (Å²) in [5, 5.41) is 25.6. The molecule has 6 nitrogen and oxygen atoms in total. The average molecular weight is 441 g/mol. The van der Waals surface area contributed by atoms with Crippen molar-refractivity contribution in [3.63, 3.8) is 0 Å². The van der Waals surface area contributed by atoms with Gasteiger partial charge in [-0.25, -0.2) is 0 Å². The molecule has 174 valence electrons. The van der Waals surface area contributed by atoms with E-state index in [2.05, 4.69) is 32.0 Å². The summed E-state index contributed by atoms with van der Waals surface area (Å²) in [6.07, 6.45) is 10.3. The van der Waals surface area contributed by atoms with Crippen LogP contribution < -0.4 is 0 Å². The predicted molar refractivity (Wildman–Crippen MR) is 127 cm³/mol. The smallest absolute Gasteiger partial charge is 0.258 e. The molecular weight excluding hydrogens is 404 g/mol. The van der Waals surface area contributed by atoms with Crippen molar-refractivity contribution in [2.75, 3.05) is 7.05 Å². The van der Waals surface area contributed by atoms with Crippen LogP contribution in [0.1, 0.15) is 80.6 Å². The molecule has 2 aromatic rings. The number of aryl methyl sites for hydroxylation is 1. The van der Waals surface area contributed by atoms with Crippen molar-refractivity contribution in [2.24, 2.45) is 0 Å². The molecule has 0 atom stereocenters. The van der Waals surface area contributed by atoms with E-state index in [1.807, 2.05) is 13.0 Å². The summed E-state index contributed by atoms with van der Waals surface area (Å²) in [6, 6.07) is 3.33. The Morgan fingerprint density at radius 2 is 1.97 bits per heavy atom. The minimum absolute atomic E-state index is 0.0256. The SMILES string of the molecule is CCCCc1cc(O)c(CC=C(C)CCC=C(C)C)c(O)c1C(=O)N(C)Cc1ccon1. The quantitative estimate of drug-likeness (QED) is 0.423. The summed E-state index contributed by atoms with van der Waals surface area (Å²) in [5.74, 6) is -0.416. The molecule has 1 heterocycles. The summed E-state index contributed by atoms with van der Waals surface area (Å²) in [5.41, 5.74) is 4.38. The second-order valence-corrected chi connectivity index (χ2v) is 8.59. The number of benzene rings is 1. The first kappa shape index (κ1) is 25.2. The van der Waals surface area contributed by atoms with E-state index < -0.39 is 0 Å². The van der Waals surface area contributed by atoms with Gasteiger partial charge in [-0.3, -0.25) is 4.79 Å². The van der Waals surface area contributed by atoms with Gasteiger partial charge in [-0.1, -0.05) is 41.8 Å². The molecule has 0 saturated heterocycles. The van der Waals surface area contributed by atoms with Crippen LogP contribution in [-0.4, -0.2) is 33.2 Å². The Hall–Kier alpha value is -3.02. The second-order valence-electron chi connectivity index (χ2n) is 8.59. The number of carbonyl (C=O) groups is 1. The standard InChI is InChI=1S/C26H36N2O4/c1-6-7-11-20-16-23(29)22(13-12-19(4)10-8-9-18(2)3)25(30)24(20)26(31)28(5)17-21-14-15-32-27-21/h9,12,14-16,29-30H,6-8,10-11,13,17H2,1-5H3. The van der Waals surface area contributed by atoms with Gasteiger partial charge in [0.1, 0.15) is 23.5 Å². The Balaban J connectivity index is 2.33. The number of unbranched alkanes of at least 4 members (excludes halogenated alkanes) is 1. The zero-order valence-corrected chi connectivity index (χ0v) is 19.9. The van der Waals surface area contributed by atoms with Crippen molar-refractivity contribution < 1.29 is 19.5 Å². The lowest BCUT2D eigenvalue weighted by Crippen LogP contribution is -2.27. The molecule has 6 heteroatoms. The van der Waals surface area contributed by atoms with E-state index in [9.17, 15) is 15.0 Å². The molecular formula is C26H36N2O4. The Morgan fingerprint density at radius 3 is 2.59 bits per heavy atom. The van der Waals surface area contributed by atoms with Crippen molar-refractivity contribution in [3.05, 3.63) is 64.1 Å². The summed E-state index contributed by atoms with van der Waals surface area (Å²) < 4.78 is 4.85. The highest BCUT2D eigenvalue weighted by Crippen LogP contribution is 2.36. The fourth-order valence-corrected chi connectivity index (χ4v) is 3.54. The number of phenols is 2. The third kappa shape index (κ3) is 7.01. The average Bonchev–Trinajstić information content (AvgIpc) is 3.24. The van der Waals surface area contributed by atoms with Crippen molar-refractivity contribution in [3.8, 4) is 11.5 Å². The Labute approximate surface area is 191 Å². The summed E-state index contributed by atoms with van der Waals surface area (Å²) in [7, 11) is 1.67. The minimum atomic E-state index is -0.304. The molecule has 0 aliphatic rings. The van der Waals surface area contributed by atoms with Crippen molar-refractivity contribution in [1.29, 1.82) is 0 Å². The molecule has 0 saturated carbocycles. The summed E-state index contributed by atoms with van der Waals surface area (Å²) >= 11 is 0. The van der Waals surface area contributed by atoms with Crippen LogP contribution in [-0.2, 0) is 19.4 Å². The van der Waals surface area contributed by atoms with Gasteiger partial charge in [0.25, 0.3) is 5.91 Å². The molecule has 0 aliphatic heterocycles. The number of phenolic OH excluding ortho intramolecular Hbond substituents is 2. The van der Waals surface area contributed by atoms with E-state index in [1.54, 1.807) is 19.2 Å². The van der Waals surface area contributed by atoms with Gasteiger partial charge < -0.3 is 19.6 Å². The fourth-order valence-electron chi connectivity index (χ4n) is 3.54. The fraction of sp³-hybridized carbons (Fsp3) is 0.462. The highest BCUT2D eigenvalue weighted by atomic mass is 16.5. The number of amides is 1. The molecule has 0 aliphatic carbocycles. The molecule has 2 rings (SSSR count). The van der Waals surface area contributed by atoms with Gasteiger partial charge in [-0.05, 0) is 64.5 Å². The predicted octanol–water partition coefficient (Wildman–Crippen LogP) is 5.94. The molecule has 32 heavy (non-hydrogen) atoms. The Kier molecular flexibility index (Phi) is 9.57. The number of nitrogens with zero attached hydrogens (tertiary/aromatic N) is 2. The maximum absolute atomic E-state index is 13.3. The first-order valence-corrected chi connectivity index (χ1v) is 11.2. The third-order valence-corrected chi connectivity index (χ3v) is 5.46. The van der Waals surface area contributed by atoms with Crippen LogP contribution in [0.15, 0.2) is 46.2 Å². The topological polar surface area (TPSA) is 86.8 Å². The zero-order chi connectivity index (χ0) is 23.7. The van der Waals surface area contributed by atoms with E-state index in [4.69, 9.17) is 4.52 Å². The molecule has 2 N–H and O–H groups in total. The molecule has 0 spiro atoms. The molecule has 1 amide bonds. The number of rotatable bonds is 11. The van der Waals surface area contributed by atoms with Crippen LogP contribution in [0.25, 0.3) is 0 Å². The lowest BCUT2D eigenvalue weighted by atomic mass is 9.94. The largest absolute Gasteiger partial charge is 0.508 e. The maximum Gasteiger partial charge on any atom is 0.258 e. The summed E-state index contributed by atoms with van der Waals surface area (Å²) in [6.45, 7) is 8.53. The van der Waals surface area contributed by atoms with Crippen LogP contribution in [0.2, 0.25) is 0 Å². The molecule has 1 aromatic carbocycles. The van der Waals surface area contributed by atoms with E-state index in [-0.39, 0.29) is 29.5 Å². The summed E-state index contributed by atoms with van der Waals surface area (Å²) in [4.78, 5) is 14.8. The van der Waals surface area contributed by atoms with Gasteiger partial charge in [0.2, 0.25) is 0 Å². The van der Waals surface area contributed by atoms with Gasteiger partial charge in [0.05, 0.1) is 12.1 Å². The van der Waals surface area contributed by atoms with Gasteiger partial charge in [-0.2, -0.15) is 0 Å². The van der Waals surface area contributed by atoms with Gasteiger partial charge in [0.15, 0.2) is 0 Å². The minimum Gasteiger partial charge on any atom is -0.508 e. The molecule has 0 bridgehead atoms. The lowest BCUT2D eigenvalue weighted by molar-refractivity contribution is 0.0777. The number of hydrogen-bond acceptors (Lipinski definition) is 5. The Bertz CT molecular complexity index is 955. The number of hydrogen-bond donors (Lipinski definition) is 2. The van der Waals surface area contributed by atoms with E-state index in [1.165, 1.54) is 22.3 Å². The number of allylic oxidation sites excluding steroid dienone is 4. The monoisotopic (exact) mass is 440 g/mol. The van der Waals surface area contributed by atoms with Crippen LogP contribution in [0.4, 0.5) is 0 Å². The van der Waals surface area contributed by atoms with Gasteiger partial charge in [-0.15, -0.1) is 0 Å². The normalized spacial score (nSPS) is 11.5.